The molecule has 4 nitrogen and oxygen atoms in total. The third kappa shape index (κ3) is 3.64. The van der Waals surface area contributed by atoms with Crippen molar-refractivity contribution in [1.29, 1.82) is 0 Å². The quantitative estimate of drug-likeness (QED) is 0.737. The lowest BCUT2D eigenvalue weighted by Crippen LogP contribution is -2.18. The van der Waals surface area contributed by atoms with E-state index in [4.69, 9.17) is 25.8 Å². The lowest BCUT2D eigenvalue weighted by Gasteiger charge is -2.19. The number of para-hydroxylation sites is 1. The van der Waals surface area contributed by atoms with E-state index in [0.29, 0.717) is 33.4 Å². The predicted octanol–water partition coefficient (Wildman–Crippen LogP) is 4.79. The lowest BCUT2D eigenvalue weighted by atomic mass is 9.98. The first-order chi connectivity index (χ1) is 12.0. The van der Waals surface area contributed by atoms with Crippen molar-refractivity contribution in [3.63, 3.8) is 0 Å². The molecule has 2 aromatic carbocycles. The Hall–Kier alpha value is -2.46. The van der Waals surface area contributed by atoms with Crippen LogP contribution in [0.3, 0.4) is 0 Å². The van der Waals surface area contributed by atoms with Crippen LogP contribution in [0.4, 0.5) is 0 Å². The van der Waals surface area contributed by atoms with E-state index in [1.54, 1.807) is 37.5 Å². The monoisotopic (exact) mass is 358 g/mol. The van der Waals surface area contributed by atoms with Crippen molar-refractivity contribution < 1.29 is 19.0 Å². The van der Waals surface area contributed by atoms with Crippen LogP contribution >= 0.6 is 11.6 Å². The van der Waals surface area contributed by atoms with Crippen LogP contribution < -0.4 is 14.2 Å². The van der Waals surface area contributed by atoms with Crippen molar-refractivity contribution in [2.45, 2.75) is 20.0 Å². The molecule has 0 saturated carbocycles. The molecule has 0 spiro atoms. The van der Waals surface area contributed by atoms with Gasteiger partial charge >= 0.3 is 0 Å². The van der Waals surface area contributed by atoms with Gasteiger partial charge in [-0.1, -0.05) is 23.7 Å². The van der Waals surface area contributed by atoms with Crippen LogP contribution in [0.5, 0.6) is 17.2 Å². The first-order valence-electron chi connectivity index (χ1n) is 8.01. The zero-order valence-corrected chi connectivity index (χ0v) is 15.1. The van der Waals surface area contributed by atoms with E-state index in [0.717, 1.165) is 5.56 Å². The van der Waals surface area contributed by atoms with Crippen molar-refractivity contribution in [2.75, 3.05) is 13.7 Å². The molecule has 5 heteroatoms. The first-order valence-corrected chi connectivity index (χ1v) is 8.38. The molecular weight excluding hydrogens is 340 g/mol. The lowest BCUT2D eigenvalue weighted by molar-refractivity contribution is 0.100. The fraction of sp³-hybridized carbons (Fsp3) is 0.250. The third-order valence-electron chi connectivity index (χ3n) is 3.75. The zero-order valence-electron chi connectivity index (χ0n) is 14.3. The molecule has 1 heterocycles. The van der Waals surface area contributed by atoms with Gasteiger partial charge in [0.05, 0.1) is 23.8 Å². The number of ether oxygens (including phenoxy) is 3. The SMILES string of the molecule is COc1cc(/C=C2/COc3ccccc3C2=O)cc(Cl)c1OC(C)C. The largest absolute Gasteiger partial charge is 0.493 e. The Labute approximate surface area is 152 Å². The third-order valence-corrected chi connectivity index (χ3v) is 4.03. The molecular formula is C20H19ClO4. The summed E-state index contributed by atoms with van der Waals surface area (Å²) in [6.07, 6.45) is 1.74. The molecule has 1 aliphatic heterocycles. The molecule has 0 fully saturated rings. The number of fused-ring (bicyclic) bond motifs is 1. The minimum absolute atomic E-state index is 0.0274. The van der Waals surface area contributed by atoms with E-state index >= 15 is 0 Å². The highest BCUT2D eigenvalue weighted by atomic mass is 35.5. The number of rotatable bonds is 4. The van der Waals surface area contributed by atoms with Crippen LogP contribution in [0.15, 0.2) is 42.0 Å². The summed E-state index contributed by atoms with van der Waals surface area (Å²) >= 11 is 6.34. The van der Waals surface area contributed by atoms with Crippen LogP contribution in [-0.2, 0) is 0 Å². The summed E-state index contributed by atoms with van der Waals surface area (Å²) in [6.45, 7) is 4.06. The van der Waals surface area contributed by atoms with E-state index < -0.39 is 0 Å². The molecule has 130 valence electrons. The minimum atomic E-state index is -0.0422. The Kier molecular flexibility index (Phi) is 5.00. The number of carbonyl (C=O) groups is 1. The van der Waals surface area contributed by atoms with Crippen molar-refractivity contribution in [1.82, 2.24) is 0 Å². The average molecular weight is 359 g/mol. The van der Waals surface area contributed by atoms with Crippen molar-refractivity contribution in [2.24, 2.45) is 0 Å². The number of ketones is 1. The van der Waals surface area contributed by atoms with Gasteiger partial charge in [0.15, 0.2) is 17.3 Å². The minimum Gasteiger partial charge on any atom is -0.493 e. The maximum Gasteiger partial charge on any atom is 0.196 e. The molecule has 3 rings (SSSR count). The Morgan fingerprint density at radius 3 is 2.72 bits per heavy atom. The molecule has 0 atom stereocenters. The van der Waals surface area contributed by atoms with Crippen LogP contribution in [0.25, 0.3) is 6.08 Å². The van der Waals surface area contributed by atoms with Gasteiger partial charge in [-0.25, -0.2) is 0 Å². The van der Waals surface area contributed by atoms with Crippen molar-refractivity contribution >= 4 is 23.5 Å². The summed E-state index contributed by atoms with van der Waals surface area (Å²) in [7, 11) is 1.56. The van der Waals surface area contributed by atoms with Crippen LogP contribution in [0.2, 0.25) is 5.02 Å². The summed E-state index contributed by atoms with van der Waals surface area (Å²) in [4.78, 5) is 12.6. The number of carbonyl (C=O) groups excluding carboxylic acids is 1. The summed E-state index contributed by atoms with van der Waals surface area (Å²) < 4.78 is 16.8. The molecule has 1 aliphatic rings. The Bertz CT molecular complexity index is 840. The van der Waals surface area contributed by atoms with Gasteiger partial charge in [0, 0.05) is 5.57 Å². The van der Waals surface area contributed by atoms with E-state index in [-0.39, 0.29) is 18.5 Å². The molecule has 0 bridgehead atoms. The zero-order chi connectivity index (χ0) is 18.0. The molecule has 0 radical (unpaired) electrons. The maximum atomic E-state index is 12.6. The van der Waals surface area contributed by atoms with Gasteiger partial charge in [-0.2, -0.15) is 0 Å². The summed E-state index contributed by atoms with van der Waals surface area (Å²) in [5.41, 5.74) is 1.89. The van der Waals surface area contributed by atoms with Crippen LogP contribution in [-0.4, -0.2) is 25.6 Å². The second kappa shape index (κ2) is 7.19. The highest BCUT2D eigenvalue weighted by Crippen LogP contribution is 2.38. The number of Topliss-reactive ketones (excluding diaryl/α,β-unsaturated/α-hetero) is 1. The predicted molar refractivity (Wildman–Crippen MR) is 98.0 cm³/mol. The second-order valence-electron chi connectivity index (χ2n) is 5.98. The molecule has 2 aromatic rings. The maximum absolute atomic E-state index is 12.6. The molecule has 0 N–H and O–H groups in total. The highest BCUT2D eigenvalue weighted by molar-refractivity contribution is 6.32. The number of hydrogen-bond acceptors (Lipinski definition) is 4. The van der Waals surface area contributed by atoms with E-state index in [1.165, 1.54) is 0 Å². The normalized spacial score (nSPS) is 15.1. The average Bonchev–Trinajstić information content (AvgIpc) is 2.59. The van der Waals surface area contributed by atoms with Gasteiger partial charge in [0.1, 0.15) is 12.4 Å². The fourth-order valence-electron chi connectivity index (χ4n) is 2.66. The molecule has 0 aromatic heterocycles. The Morgan fingerprint density at radius 1 is 1.24 bits per heavy atom. The fourth-order valence-corrected chi connectivity index (χ4v) is 2.92. The molecule has 25 heavy (non-hydrogen) atoms. The smallest absolute Gasteiger partial charge is 0.196 e. The van der Waals surface area contributed by atoms with Crippen molar-refractivity contribution in [3.05, 3.63) is 58.1 Å². The molecule has 0 unspecified atom stereocenters. The molecule has 0 aliphatic carbocycles. The van der Waals surface area contributed by atoms with Gasteiger partial charge in [-0.05, 0) is 49.8 Å². The number of methoxy groups -OCH3 is 1. The van der Waals surface area contributed by atoms with Gasteiger partial charge in [0.2, 0.25) is 0 Å². The van der Waals surface area contributed by atoms with Crippen LogP contribution in [0.1, 0.15) is 29.8 Å². The van der Waals surface area contributed by atoms with Gasteiger partial charge in [-0.15, -0.1) is 0 Å². The summed E-state index contributed by atoms with van der Waals surface area (Å²) in [5.74, 6) is 1.59. The Morgan fingerprint density at radius 2 is 2.00 bits per heavy atom. The summed E-state index contributed by atoms with van der Waals surface area (Å²) in [6, 6.07) is 10.8. The second-order valence-corrected chi connectivity index (χ2v) is 6.39. The number of halogens is 1. The molecule has 0 amide bonds. The van der Waals surface area contributed by atoms with Gasteiger partial charge in [0.25, 0.3) is 0 Å². The van der Waals surface area contributed by atoms with Crippen LogP contribution in [0, 0.1) is 0 Å². The molecule has 0 saturated heterocycles. The van der Waals surface area contributed by atoms with Crippen molar-refractivity contribution in [3.8, 4) is 17.2 Å². The topological polar surface area (TPSA) is 44.8 Å². The Balaban J connectivity index is 1.97. The number of hydrogen-bond donors (Lipinski definition) is 0. The van der Waals surface area contributed by atoms with E-state index in [1.807, 2.05) is 26.0 Å². The number of benzene rings is 2. The standard InChI is InChI=1S/C20H19ClO4/c1-12(2)25-20-16(21)9-13(10-18(20)23-3)8-14-11-24-17-7-5-4-6-15(17)19(14)22/h4-10,12H,11H2,1-3H3/b14-8-. The van der Waals surface area contributed by atoms with E-state index in [9.17, 15) is 4.79 Å². The van der Waals surface area contributed by atoms with Gasteiger partial charge < -0.3 is 14.2 Å². The first kappa shape index (κ1) is 17.4. The van der Waals surface area contributed by atoms with Gasteiger partial charge in [-0.3, -0.25) is 4.79 Å². The highest BCUT2D eigenvalue weighted by Gasteiger charge is 2.23. The summed E-state index contributed by atoms with van der Waals surface area (Å²) in [5, 5.41) is 0.435. The van der Waals surface area contributed by atoms with E-state index in [2.05, 4.69) is 0 Å².